The topological polar surface area (TPSA) is 77.5 Å². The van der Waals surface area contributed by atoms with Crippen LogP contribution in [0.2, 0.25) is 0 Å². The predicted octanol–water partition coefficient (Wildman–Crippen LogP) is -0.620. The van der Waals surface area contributed by atoms with Gasteiger partial charge in [0, 0.05) is 0 Å². The van der Waals surface area contributed by atoms with Crippen LogP contribution < -0.4 is 0 Å². The van der Waals surface area contributed by atoms with Crippen LogP contribution in [0.3, 0.4) is 0 Å². The second kappa shape index (κ2) is 6.20. The lowest BCUT2D eigenvalue weighted by Crippen LogP contribution is -2.09. The summed E-state index contributed by atoms with van der Waals surface area (Å²) in [5, 5.41) is 0. The van der Waals surface area contributed by atoms with Crippen molar-refractivity contribution in [2.24, 2.45) is 0 Å². The minimum Gasteiger partial charge on any atom is -0.269 e. The Morgan fingerprint density at radius 2 is 0.917 bits per heavy atom. The van der Waals surface area contributed by atoms with E-state index in [0.717, 1.165) is 0 Å². The molecule has 12 heavy (non-hydrogen) atoms. The molecule has 0 rings (SSSR count). The van der Waals surface area contributed by atoms with E-state index in [9.17, 15) is 16.8 Å². The molecule has 0 aliphatic heterocycles. The number of hydrogen-bond acceptors (Lipinski definition) is 5. The lowest BCUT2D eigenvalue weighted by molar-refractivity contribution is 0.471. The molecule has 5 nitrogen and oxygen atoms in total. The Kier molecular flexibility index (Phi) is 11.7. The molecular weight excluding hydrogens is 225 g/mol. The molecular formula is C2H9F3O5S2. The van der Waals surface area contributed by atoms with E-state index in [4.69, 9.17) is 0 Å². The van der Waals surface area contributed by atoms with Crippen molar-refractivity contribution in [3.05, 3.63) is 0 Å². The first-order valence-corrected chi connectivity index (χ1v) is 5.45. The lowest BCUT2D eigenvalue weighted by atomic mass is 12.0. The summed E-state index contributed by atoms with van der Waals surface area (Å²) in [4.78, 5) is 0. The van der Waals surface area contributed by atoms with Crippen molar-refractivity contribution in [2.45, 2.75) is 0 Å². The summed E-state index contributed by atoms with van der Waals surface area (Å²) in [7, 11) is -7.74. The SMILES string of the molecule is CS(=O)(=O)OS(C)(=O)=O.F.F.F. The predicted molar refractivity (Wildman–Crippen MR) is 38.3 cm³/mol. The maximum Gasteiger partial charge on any atom is 0.278 e. The third-order valence-corrected chi connectivity index (χ3v) is 2.22. The lowest BCUT2D eigenvalue weighted by Gasteiger charge is -1.92. The third kappa shape index (κ3) is 22.6. The second-order valence-electron chi connectivity index (χ2n) is 1.48. The van der Waals surface area contributed by atoms with Gasteiger partial charge in [0.05, 0.1) is 12.5 Å². The zero-order chi connectivity index (χ0) is 7.71. The third-order valence-electron chi connectivity index (χ3n) is 0.247. The monoisotopic (exact) mass is 234 g/mol. The maximum absolute atomic E-state index is 10.0. The van der Waals surface area contributed by atoms with Crippen LogP contribution in [-0.4, -0.2) is 29.3 Å². The van der Waals surface area contributed by atoms with Gasteiger partial charge in [0.25, 0.3) is 20.2 Å². The summed E-state index contributed by atoms with van der Waals surface area (Å²) in [6.07, 6.45) is 1.32. The highest BCUT2D eigenvalue weighted by Gasteiger charge is 2.10. The highest BCUT2D eigenvalue weighted by atomic mass is 32.3. The van der Waals surface area contributed by atoms with Gasteiger partial charge in [0.2, 0.25) is 0 Å². The van der Waals surface area contributed by atoms with Gasteiger partial charge in [0.1, 0.15) is 0 Å². The Labute approximate surface area is 68.1 Å². The van der Waals surface area contributed by atoms with Crippen LogP contribution >= 0.6 is 0 Å². The van der Waals surface area contributed by atoms with E-state index in [0.29, 0.717) is 12.5 Å². The van der Waals surface area contributed by atoms with Crippen LogP contribution in [-0.2, 0) is 23.9 Å². The standard InChI is InChI=1S/C2H6O5S2.3FH/c1-8(3,4)7-9(2,5)6;;;/h1-2H3;3*1H. The van der Waals surface area contributed by atoms with Crippen LogP contribution in [0.5, 0.6) is 0 Å². The molecule has 0 unspecified atom stereocenters. The van der Waals surface area contributed by atoms with Gasteiger partial charge in [-0.05, 0) is 0 Å². The zero-order valence-corrected chi connectivity index (χ0v) is 7.72. The fourth-order valence-corrected chi connectivity index (χ4v) is 2.02. The Bertz CT molecular complexity index is 248. The molecule has 0 amide bonds. The minimum atomic E-state index is -3.87. The van der Waals surface area contributed by atoms with E-state index in [2.05, 4.69) is 3.63 Å². The number of hydrogen-bond donors (Lipinski definition) is 0. The van der Waals surface area contributed by atoms with E-state index < -0.39 is 20.2 Å². The van der Waals surface area contributed by atoms with Crippen LogP contribution in [0.15, 0.2) is 0 Å². The molecule has 0 fully saturated rings. The molecule has 0 N–H and O–H groups in total. The first kappa shape index (κ1) is 22.6. The quantitative estimate of drug-likeness (QED) is 0.636. The molecule has 0 saturated heterocycles. The summed E-state index contributed by atoms with van der Waals surface area (Å²) in [6.45, 7) is 0. The van der Waals surface area contributed by atoms with Crippen LogP contribution in [0.25, 0.3) is 0 Å². The summed E-state index contributed by atoms with van der Waals surface area (Å²) in [6, 6.07) is 0. The van der Waals surface area contributed by atoms with E-state index in [1.54, 1.807) is 0 Å². The fraction of sp³-hybridized carbons (Fsp3) is 1.00. The molecule has 10 heteroatoms. The van der Waals surface area contributed by atoms with Gasteiger partial charge in [-0.25, -0.2) is 0 Å². The number of rotatable bonds is 2. The van der Waals surface area contributed by atoms with Crippen molar-refractivity contribution in [3.63, 3.8) is 0 Å². The Morgan fingerprint density at radius 1 is 0.750 bits per heavy atom. The van der Waals surface area contributed by atoms with Crippen molar-refractivity contribution >= 4 is 20.2 Å². The van der Waals surface area contributed by atoms with Gasteiger partial charge < -0.3 is 0 Å². The Balaban J connectivity index is -0.000000107. The highest BCUT2D eigenvalue weighted by Crippen LogP contribution is 1.92. The van der Waals surface area contributed by atoms with Crippen molar-refractivity contribution in [3.8, 4) is 0 Å². The van der Waals surface area contributed by atoms with Gasteiger partial charge in [-0.1, -0.05) is 0 Å². The number of halogens is 3. The molecule has 0 spiro atoms. The van der Waals surface area contributed by atoms with Gasteiger partial charge >= 0.3 is 0 Å². The average molecular weight is 234 g/mol. The first-order valence-electron chi connectivity index (χ1n) is 1.82. The Hall–Kier alpha value is -0.350. The van der Waals surface area contributed by atoms with Gasteiger partial charge in [0.15, 0.2) is 0 Å². The molecule has 0 heterocycles. The van der Waals surface area contributed by atoms with Crippen molar-refractivity contribution in [1.82, 2.24) is 0 Å². The van der Waals surface area contributed by atoms with Crippen LogP contribution in [0.4, 0.5) is 14.1 Å². The molecule has 0 radical (unpaired) electrons. The Morgan fingerprint density at radius 3 is 0.917 bits per heavy atom. The molecule has 0 aromatic heterocycles. The van der Waals surface area contributed by atoms with Crippen molar-refractivity contribution in [2.75, 3.05) is 12.5 Å². The molecule has 0 aliphatic carbocycles. The normalized spacial score (nSPS) is 10.2. The molecule has 80 valence electrons. The molecule has 0 aromatic carbocycles. The van der Waals surface area contributed by atoms with E-state index >= 15 is 0 Å². The largest absolute Gasteiger partial charge is 0.278 e. The van der Waals surface area contributed by atoms with E-state index in [1.807, 2.05) is 0 Å². The maximum atomic E-state index is 10.0. The zero-order valence-electron chi connectivity index (χ0n) is 6.08. The van der Waals surface area contributed by atoms with Crippen molar-refractivity contribution < 1.29 is 34.6 Å². The molecule has 0 aromatic rings. The second-order valence-corrected chi connectivity index (χ2v) is 4.84. The molecule has 0 atom stereocenters. The van der Waals surface area contributed by atoms with E-state index in [-0.39, 0.29) is 14.1 Å². The highest BCUT2D eigenvalue weighted by molar-refractivity contribution is 7.99. The van der Waals surface area contributed by atoms with E-state index in [1.165, 1.54) is 0 Å². The fourth-order valence-electron chi connectivity index (χ4n) is 0.225. The van der Waals surface area contributed by atoms with Gasteiger partial charge in [-0.3, -0.25) is 14.1 Å². The molecule has 0 aliphatic rings. The van der Waals surface area contributed by atoms with Crippen LogP contribution in [0, 0.1) is 0 Å². The van der Waals surface area contributed by atoms with Gasteiger partial charge in [-0.15, -0.1) is 3.63 Å². The average Bonchev–Trinajstić information content (AvgIpc) is 1.14. The van der Waals surface area contributed by atoms with Crippen LogP contribution in [0.1, 0.15) is 0 Å². The first-order chi connectivity index (χ1) is 3.71. The minimum absolute atomic E-state index is 0. The summed E-state index contributed by atoms with van der Waals surface area (Å²) in [5.41, 5.74) is 0. The smallest absolute Gasteiger partial charge is 0.269 e. The summed E-state index contributed by atoms with van der Waals surface area (Å²) >= 11 is 0. The van der Waals surface area contributed by atoms with Gasteiger partial charge in [-0.2, -0.15) is 16.8 Å². The summed E-state index contributed by atoms with van der Waals surface area (Å²) in [5.74, 6) is 0. The molecule has 0 saturated carbocycles. The summed E-state index contributed by atoms with van der Waals surface area (Å²) < 4.78 is 43.8. The van der Waals surface area contributed by atoms with Crippen molar-refractivity contribution in [1.29, 1.82) is 0 Å². The molecule has 0 bridgehead atoms.